The molecule has 0 aromatic heterocycles. The van der Waals surface area contributed by atoms with Gasteiger partial charge in [-0.25, -0.2) is 8.42 Å². The molecule has 0 radical (unpaired) electrons. The minimum atomic E-state index is -3.53. The molecule has 100 valence electrons. The third-order valence-corrected chi connectivity index (χ3v) is 5.07. The number of nitrogens with one attached hydrogen (secondary N) is 1. The summed E-state index contributed by atoms with van der Waals surface area (Å²) in [7, 11) is -0.392. The highest BCUT2D eigenvalue weighted by molar-refractivity contribution is 7.90. The fourth-order valence-corrected chi connectivity index (χ4v) is 3.43. The normalized spacial score (nSPS) is 20.6. The highest BCUT2D eigenvalue weighted by atomic mass is 32.2. The van der Waals surface area contributed by atoms with E-state index < -0.39 is 15.3 Å². The number of carbonyl (C=O) groups is 1. The molecule has 1 atom stereocenters. The summed E-state index contributed by atoms with van der Waals surface area (Å²) in [5.74, 6) is -0.373. The lowest BCUT2D eigenvalue weighted by atomic mass is 10.4. The van der Waals surface area contributed by atoms with Crippen LogP contribution in [0.3, 0.4) is 0 Å². The molecule has 7 heteroatoms. The van der Waals surface area contributed by atoms with Crippen molar-refractivity contribution in [2.45, 2.75) is 18.6 Å². The Hall–Kier alpha value is -0.660. The molecule has 1 fully saturated rings. The smallest absolute Gasteiger partial charge is 0.241 e. The summed E-state index contributed by atoms with van der Waals surface area (Å²) in [6, 6.07) is 0. The number of amides is 1. The Morgan fingerprint density at radius 3 is 2.53 bits per heavy atom. The molecule has 1 N–H and O–H groups in total. The molecular formula is C10H21N3O3S. The van der Waals surface area contributed by atoms with Gasteiger partial charge >= 0.3 is 0 Å². The topological polar surface area (TPSA) is 69.7 Å². The van der Waals surface area contributed by atoms with Crippen molar-refractivity contribution in [1.29, 1.82) is 0 Å². The van der Waals surface area contributed by atoms with E-state index in [1.54, 1.807) is 14.1 Å². The van der Waals surface area contributed by atoms with Crippen LogP contribution in [0.25, 0.3) is 0 Å². The molecule has 0 spiro atoms. The second kappa shape index (κ2) is 5.79. The van der Waals surface area contributed by atoms with Crippen LogP contribution < -0.4 is 5.32 Å². The number of rotatable bonds is 3. The summed E-state index contributed by atoms with van der Waals surface area (Å²) in [6.45, 7) is 3.84. The third kappa shape index (κ3) is 3.40. The van der Waals surface area contributed by atoms with E-state index in [1.165, 1.54) is 16.1 Å². The number of hydrogen-bond acceptors (Lipinski definition) is 4. The van der Waals surface area contributed by atoms with Crippen LogP contribution in [0.2, 0.25) is 0 Å². The highest BCUT2D eigenvalue weighted by Gasteiger charge is 2.34. The zero-order valence-electron chi connectivity index (χ0n) is 10.6. The Morgan fingerprint density at radius 2 is 1.94 bits per heavy atom. The molecule has 1 amide bonds. The predicted molar refractivity (Wildman–Crippen MR) is 66.1 cm³/mol. The van der Waals surface area contributed by atoms with Crippen molar-refractivity contribution in [2.24, 2.45) is 0 Å². The van der Waals surface area contributed by atoms with E-state index in [9.17, 15) is 13.2 Å². The first-order chi connectivity index (χ1) is 7.87. The molecule has 17 heavy (non-hydrogen) atoms. The summed E-state index contributed by atoms with van der Waals surface area (Å²) in [5.41, 5.74) is 0. The number of carbonyl (C=O) groups excluding carboxylic acids is 1. The fourth-order valence-electron chi connectivity index (χ4n) is 1.79. The average Bonchev–Trinajstić information content (AvgIpc) is 2.55. The van der Waals surface area contributed by atoms with E-state index in [-0.39, 0.29) is 5.91 Å². The quantitative estimate of drug-likeness (QED) is 0.715. The second-order valence-corrected chi connectivity index (χ2v) is 6.68. The molecule has 0 bridgehead atoms. The number of nitrogens with zero attached hydrogens (tertiary/aromatic N) is 2. The Morgan fingerprint density at radius 1 is 1.29 bits per heavy atom. The largest absolute Gasteiger partial charge is 0.348 e. The summed E-state index contributed by atoms with van der Waals surface area (Å²) in [5, 5.41) is 2.13. The van der Waals surface area contributed by atoms with E-state index in [0.29, 0.717) is 19.6 Å². The van der Waals surface area contributed by atoms with Crippen LogP contribution in [-0.2, 0) is 14.8 Å². The zero-order valence-corrected chi connectivity index (χ0v) is 11.5. The molecule has 1 aliphatic rings. The van der Waals surface area contributed by atoms with Gasteiger partial charge in [0.05, 0.1) is 0 Å². The van der Waals surface area contributed by atoms with Gasteiger partial charge in [0.2, 0.25) is 15.9 Å². The summed E-state index contributed by atoms with van der Waals surface area (Å²) in [4.78, 5) is 13.0. The standard InChI is InChI=1S/C10H21N3O3S/c1-9(10(14)12(2)3)17(15,16)13-7-4-5-11-6-8-13/h9,11H,4-8H2,1-3H3. The maximum atomic E-state index is 12.2. The maximum absolute atomic E-state index is 12.2. The van der Waals surface area contributed by atoms with Gasteiger partial charge in [0.25, 0.3) is 0 Å². The molecule has 1 unspecified atom stereocenters. The van der Waals surface area contributed by atoms with Crippen LogP contribution in [0.4, 0.5) is 0 Å². The molecule has 0 aliphatic carbocycles. The van der Waals surface area contributed by atoms with Crippen molar-refractivity contribution in [3.8, 4) is 0 Å². The van der Waals surface area contributed by atoms with Crippen molar-refractivity contribution in [3.63, 3.8) is 0 Å². The molecule has 1 aliphatic heterocycles. The summed E-state index contributed by atoms with van der Waals surface area (Å²) in [6.07, 6.45) is 0.780. The lowest BCUT2D eigenvalue weighted by Crippen LogP contribution is -2.46. The van der Waals surface area contributed by atoms with Gasteiger partial charge in [-0.1, -0.05) is 0 Å². The SMILES string of the molecule is CC(C(=O)N(C)C)S(=O)(=O)N1CCCNCC1. The molecule has 0 aromatic carbocycles. The van der Waals surface area contributed by atoms with Crippen LogP contribution in [0.15, 0.2) is 0 Å². The summed E-state index contributed by atoms with van der Waals surface area (Å²) >= 11 is 0. The zero-order chi connectivity index (χ0) is 13.1. The van der Waals surface area contributed by atoms with E-state index >= 15 is 0 Å². The number of hydrogen-bond donors (Lipinski definition) is 1. The first-order valence-corrected chi connectivity index (χ1v) is 7.28. The molecule has 0 aromatic rings. The first-order valence-electron chi connectivity index (χ1n) is 5.78. The van der Waals surface area contributed by atoms with E-state index in [1.807, 2.05) is 0 Å². The Labute approximate surface area is 103 Å². The van der Waals surface area contributed by atoms with Crippen LogP contribution in [0.5, 0.6) is 0 Å². The van der Waals surface area contributed by atoms with Crippen LogP contribution in [0.1, 0.15) is 13.3 Å². The van der Waals surface area contributed by atoms with Gasteiger partial charge in [-0.05, 0) is 19.9 Å². The van der Waals surface area contributed by atoms with Crippen molar-refractivity contribution < 1.29 is 13.2 Å². The van der Waals surface area contributed by atoms with Gasteiger partial charge < -0.3 is 10.2 Å². The van der Waals surface area contributed by atoms with E-state index in [0.717, 1.165) is 13.0 Å². The Balaban J connectivity index is 2.82. The van der Waals surface area contributed by atoms with Gasteiger partial charge in [-0.15, -0.1) is 0 Å². The van der Waals surface area contributed by atoms with E-state index in [2.05, 4.69) is 5.32 Å². The predicted octanol–water partition coefficient (Wildman–Crippen LogP) is -0.912. The van der Waals surface area contributed by atoms with Crippen molar-refractivity contribution >= 4 is 15.9 Å². The second-order valence-electron chi connectivity index (χ2n) is 4.42. The van der Waals surface area contributed by atoms with E-state index in [4.69, 9.17) is 0 Å². The Kier molecular flexibility index (Phi) is 4.91. The third-order valence-electron chi connectivity index (χ3n) is 2.89. The number of sulfonamides is 1. The minimum absolute atomic E-state index is 0.373. The highest BCUT2D eigenvalue weighted by Crippen LogP contribution is 2.12. The minimum Gasteiger partial charge on any atom is -0.348 e. The van der Waals surface area contributed by atoms with Crippen molar-refractivity contribution in [1.82, 2.24) is 14.5 Å². The van der Waals surface area contributed by atoms with Crippen molar-refractivity contribution in [2.75, 3.05) is 40.3 Å². The summed E-state index contributed by atoms with van der Waals surface area (Å²) < 4.78 is 25.9. The van der Waals surface area contributed by atoms with Crippen LogP contribution >= 0.6 is 0 Å². The van der Waals surface area contributed by atoms with Crippen LogP contribution in [-0.4, -0.2) is 69.1 Å². The van der Waals surface area contributed by atoms with Gasteiger partial charge in [-0.3, -0.25) is 4.79 Å². The molecule has 1 heterocycles. The Bertz CT molecular complexity index is 359. The first kappa shape index (κ1) is 14.4. The van der Waals surface area contributed by atoms with Gasteiger partial charge in [0.1, 0.15) is 0 Å². The van der Waals surface area contributed by atoms with Gasteiger partial charge in [-0.2, -0.15) is 4.31 Å². The molecule has 6 nitrogen and oxygen atoms in total. The average molecular weight is 263 g/mol. The monoisotopic (exact) mass is 263 g/mol. The van der Waals surface area contributed by atoms with Crippen LogP contribution in [0, 0.1) is 0 Å². The molecular weight excluding hydrogens is 242 g/mol. The van der Waals surface area contributed by atoms with Gasteiger partial charge in [0, 0.05) is 33.7 Å². The molecule has 0 saturated carbocycles. The maximum Gasteiger partial charge on any atom is 0.241 e. The lowest BCUT2D eigenvalue weighted by Gasteiger charge is -2.25. The van der Waals surface area contributed by atoms with Gasteiger partial charge in [0.15, 0.2) is 5.25 Å². The fraction of sp³-hybridized carbons (Fsp3) is 0.900. The van der Waals surface area contributed by atoms with Crippen molar-refractivity contribution in [3.05, 3.63) is 0 Å². The molecule has 1 saturated heterocycles. The lowest BCUT2D eigenvalue weighted by molar-refractivity contribution is -0.128. The molecule has 1 rings (SSSR count).